The van der Waals surface area contributed by atoms with Crippen LogP contribution in [0, 0.1) is 0 Å². The molecule has 0 unspecified atom stereocenters. The summed E-state index contributed by atoms with van der Waals surface area (Å²) in [6, 6.07) is 10.3. The predicted molar refractivity (Wildman–Crippen MR) is 72.3 cm³/mol. The van der Waals surface area contributed by atoms with Crippen LogP contribution in [-0.4, -0.2) is 6.29 Å². The molecule has 0 heterocycles. The number of carbonyl (C=O) groups excluding carboxylic acids is 1. The maximum absolute atomic E-state index is 10.7. The molecule has 1 nitrogen and oxygen atoms in total. The Morgan fingerprint density at radius 3 is 2.18 bits per heavy atom. The van der Waals surface area contributed by atoms with Crippen molar-refractivity contribution in [3.05, 3.63) is 57.0 Å². The topological polar surface area (TPSA) is 17.1 Å². The van der Waals surface area contributed by atoms with Crippen molar-refractivity contribution in [3.8, 4) is 11.1 Å². The molecule has 0 N–H and O–H groups in total. The maximum atomic E-state index is 10.7. The smallest absolute Gasteiger partial charge is 0.150 e. The number of aldehydes is 1. The third kappa shape index (κ3) is 2.63. The van der Waals surface area contributed by atoms with Gasteiger partial charge in [-0.1, -0.05) is 46.9 Å². The zero-order valence-electron chi connectivity index (χ0n) is 8.58. The monoisotopic (exact) mass is 284 g/mol. The third-order valence-electron chi connectivity index (χ3n) is 2.36. The zero-order valence-corrected chi connectivity index (χ0v) is 10.9. The highest BCUT2D eigenvalue weighted by molar-refractivity contribution is 6.42. The van der Waals surface area contributed by atoms with Crippen LogP contribution in [-0.2, 0) is 0 Å². The van der Waals surface area contributed by atoms with E-state index in [9.17, 15) is 4.79 Å². The van der Waals surface area contributed by atoms with Crippen LogP contribution in [0.1, 0.15) is 10.4 Å². The first-order valence-electron chi connectivity index (χ1n) is 4.82. The van der Waals surface area contributed by atoms with Crippen LogP contribution in [0.25, 0.3) is 11.1 Å². The van der Waals surface area contributed by atoms with Crippen molar-refractivity contribution in [2.75, 3.05) is 0 Å². The number of carbonyl (C=O) groups is 1. The minimum absolute atomic E-state index is 0.455. The minimum Gasteiger partial charge on any atom is -0.298 e. The molecule has 0 fully saturated rings. The summed E-state index contributed by atoms with van der Waals surface area (Å²) < 4.78 is 0. The Labute approximate surface area is 114 Å². The molecule has 0 aliphatic carbocycles. The molecule has 0 atom stereocenters. The molecule has 2 aromatic rings. The fraction of sp³-hybridized carbons (Fsp3) is 0. The van der Waals surface area contributed by atoms with E-state index < -0.39 is 0 Å². The number of benzene rings is 2. The molecule has 0 amide bonds. The fourth-order valence-corrected chi connectivity index (χ4v) is 2.03. The molecule has 0 spiro atoms. The summed E-state index contributed by atoms with van der Waals surface area (Å²) in [7, 11) is 0. The second-order valence-corrected chi connectivity index (χ2v) is 4.71. The Kier molecular flexibility index (Phi) is 3.72. The summed E-state index contributed by atoms with van der Waals surface area (Å²) in [5, 5.41) is 1.50. The van der Waals surface area contributed by atoms with Crippen molar-refractivity contribution in [3.63, 3.8) is 0 Å². The maximum Gasteiger partial charge on any atom is 0.150 e. The highest BCUT2D eigenvalue weighted by atomic mass is 35.5. The Hall–Kier alpha value is -1.02. The van der Waals surface area contributed by atoms with E-state index in [1.54, 1.807) is 30.3 Å². The Morgan fingerprint density at radius 1 is 0.824 bits per heavy atom. The first kappa shape index (κ1) is 12.4. The van der Waals surface area contributed by atoms with Crippen LogP contribution in [0.5, 0.6) is 0 Å². The molecular formula is C13H7Cl3O. The lowest BCUT2D eigenvalue weighted by molar-refractivity contribution is 0.112. The minimum atomic E-state index is 0.455. The normalized spacial score (nSPS) is 10.3. The highest BCUT2D eigenvalue weighted by Crippen LogP contribution is 2.32. The van der Waals surface area contributed by atoms with Crippen molar-refractivity contribution in [2.45, 2.75) is 0 Å². The van der Waals surface area contributed by atoms with Crippen LogP contribution in [0.4, 0.5) is 0 Å². The van der Waals surface area contributed by atoms with Gasteiger partial charge in [-0.05, 0) is 29.8 Å². The molecular weight excluding hydrogens is 279 g/mol. The molecule has 17 heavy (non-hydrogen) atoms. The number of hydrogen-bond acceptors (Lipinski definition) is 1. The van der Waals surface area contributed by atoms with Crippen molar-refractivity contribution in [1.29, 1.82) is 0 Å². The lowest BCUT2D eigenvalue weighted by Crippen LogP contribution is -1.85. The Morgan fingerprint density at radius 2 is 1.53 bits per heavy atom. The number of hydrogen-bond donors (Lipinski definition) is 0. The van der Waals surface area contributed by atoms with Gasteiger partial charge in [-0.25, -0.2) is 0 Å². The van der Waals surface area contributed by atoms with Crippen LogP contribution < -0.4 is 0 Å². The standard InChI is InChI=1S/C13H7Cl3O/c14-11-3-1-8(7-17)5-10(11)9-2-4-12(15)13(16)6-9/h1-7H. The van der Waals surface area contributed by atoms with E-state index in [0.29, 0.717) is 20.6 Å². The fourth-order valence-electron chi connectivity index (χ4n) is 1.50. The predicted octanol–water partition coefficient (Wildman–Crippen LogP) is 5.13. The van der Waals surface area contributed by atoms with Crippen LogP contribution >= 0.6 is 34.8 Å². The number of halogens is 3. The lowest BCUT2D eigenvalue weighted by atomic mass is 10.0. The van der Waals surface area contributed by atoms with E-state index in [-0.39, 0.29) is 0 Å². The van der Waals surface area contributed by atoms with Gasteiger partial charge in [-0.15, -0.1) is 0 Å². The first-order chi connectivity index (χ1) is 8.11. The summed E-state index contributed by atoms with van der Waals surface area (Å²) >= 11 is 17.9. The molecule has 0 saturated carbocycles. The average molecular weight is 286 g/mol. The first-order valence-corrected chi connectivity index (χ1v) is 5.95. The van der Waals surface area contributed by atoms with Crippen molar-refractivity contribution < 1.29 is 4.79 Å². The van der Waals surface area contributed by atoms with Gasteiger partial charge in [0.25, 0.3) is 0 Å². The van der Waals surface area contributed by atoms with Gasteiger partial charge < -0.3 is 0 Å². The molecule has 0 radical (unpaired) electrons. The second kappa shape index (κ2) is 5.09. The summed E-state index contributed by atoms with van der Waals surface area (Å²) in [6.45, 7) is 0. The molecule has 0 aliphatic rings. The molecule has 0 aliphatic heterocycles. The van der Waals surface area contributed by atoms with Gasteiger partial charge in [0.1, 0.15) is 6.29 Å². The quantitative estimate of drug-likeness (QED) is 0.699. The summed E-state index contributed by atoms with van der Waals surface area (Å²) in [4.78, 5) is 10.7. The van der Waals surface area contributed by atoms with E-state index in [1.807, 2.05) is 6.07 Å². The summed E-state index contributed by atoms with van der Waals surface area (Å²) in [5.74, 6) is 0. The van der Waals surface area contributed by atoms with Gasteiger partial charge in [-0.2, -0.15) is 0 Å². The van der Waals surface area contributed by atoms with Crippen LogP contribution in [0.3, 0.4) is 0 Å². The summed E-state index contributed by atoms with van der Waals surface area (Å²) in [6.07, 6.45) is 0.775. The average Bonchev–Trinajstić information content (AvgIpc) is 2.33. The largest absolute Gasteiger partial charge is 0.298 e. The van der Waals surface area contributed by atoms with Crippen LogP contribution in [0.2, 0.25) is 15.1 Å². The van der Waals surface area contributed by atoms with Gasteiger partial charge in [0.15, 0.2) is 0 Å². The third-order valence-corrected chi connectivity index (χ3v) is 3.43. The molecule has 0 aromatic heterocycles. The van der Waals surface area contributed by atoms with Crippen molar-refractivity contribution in [2.24, 2.45) is 0 Å². The van der Waals surface area contributed by atoms with E-state index in [2.05, 4.69) is 0 Å². The van der Waals surface area contributed by atoms with Crippen LogP contribution in [0.15, 0.2) is 36.4 Å². The zero-order chi connectivity index (χ0) is 12.4. The Balaban J connectivity index is 2.58. The SMILES string of the molecule is O=Cc1ccc(Cl)c(-c2ccc(Cl)c(Cl)c2)c1. The Bertz CT molecular complexity index is 579. The van der Waals surface area contributed by atoms with Gasteiger partial charge in [0.05, 0.1) is 10.0 Å². The molecule has 4 heteroatoms. The molecule has 2 rings (SSSR count). The van der Waals surface area contributed by atoms with Gasteiger partial charge in [0, 0.05) is 16.1 Å². The van der Waals surface area contributed by atoms with E-state index >= 15 is 0 Å². The molecule has 86 valence electrons. The van der Waals surface area contributed by atoms with E-state index in [4.69, 9.17) is 34.8 Å². The lowest BCUT2D eigenvalue weighted by Gasteiger charge is -2.06. The van der Waals surface area contributed by atoms with Gasteiger partial charge in [0.2, 0.25) is 0 Å². The van der Waals surface area contributed by atoms with E-state index in [1.165, 1.54) is 0 Å². The van der Waals surface area contributed by atoms with Gasteiger partial charge in [-0.3, -0.25) is 4.79 Å². The number of rotatable bonds is 2. The second-order valence-electron chi connectivity index (χ2n) is 3.49. The molecule has 2 aromatic carbocycles. The molecule has 0 bridgehead atoms. The molecule has 0 saturated heterocycles. The summed E-state index contributed by atoms with van der Waals surface area (Å²) in [5.41, 5.74) is 2.15. The van der Waals surface area contributed by atoms with Crippen molar-refractivity contribution in [1.82, 2.24) is 0 Å². The highest BCUT2D eigenvalue weighted by Gasteiger charge is 2.07. The van der Waals surface area contributed by atoms with Gasteiger partial charge >= 0.3 is 0 Å². The van der Waals surface area contributed by atoms with Crippen molar-refractivity contribution >= 4 is 41.1 Å². The van der Waals surface area contributed by atoms with E-state index in [0.717, 1.165) is 17.4 Å².